The minimum Gasteiger partial charge on any atom is -0.480 e. The van der Waals surface area contributed by atoms with Crippen LogP contribution in [0.2, 0.25) is 0 Å². The van der Waals surface area contributed by atoms with Crippen LogP contribution < -0.4 is 10.1 Å². The number of fused-ring (bicyclic) bond motifs is 1. The highest BCUT2D eigenvalue weighted by molar-refractivity contribution is 7.90. The highest BCUT2D eigenvalue weighted by atomic mass is 32.2. The van der Waals surface area contributed by atoms with Crippen LogP contribution in [0.1, 0.15) is 5.69 Å². The van der Waals surface area contributed by atoms with Crippen LogP contribution in [0.5, 0.6) is 5.88 Å². The second-order valence-electron chi connectivity index (χ2n) is 3.98. The first-order chi connectivity index (χ1) is 9.60. The van der Waals surface area contributed by atoms with Gasteiger partial charge in [-0.1, -0.05) is 12.1 Å². The Morgan fingerprint density at radius 1 is 1.20 bits per heavy atom. The summed E-state index contributed by atoms with van der Waals surface area (Å²) >= 11 is 0. The van der Waals surface area contributed by atoms with Crippen LogP contribution in [0.4, 0.5) is 5.69 Å². The van der Waals surface area contributed by atoms with Crippen molar-refractivity contribution in [2.75, 3.05) is 12.4 Å². The summed E-state index contributed by atoms with van der Waals surface area (Å²) in [5.41, 5.74) is 0.754. The predicted octanol–water partition coefficient (Wildman–Crippen LogP) is 1.05. The van der Waals surface area contributed by atoms with Crippen molar-refractivity contribution in [2.24, 2.45) is 4.40 Å². The number of aromatic nitrogens is 2. The molecule has 0 atom stereocenters. The topological polar surface area (TPSA) is 93.5 Å². The lowest BCUT2D eigenvalue weighted by Gasteiger charge is -2.17. The maximum absolute atomic E-state index is 12.1. The summed E-state index contributed by atoms with van der Waals surface area (Å²) in [6.45, 7) is 0. The Kier molecular flexibility index (Phi) is 2.87. The molecule has 20 heavy (non-hydrogen) atoms. The normalized spacial score (nSPS) is 15.8. The summed E-state index contributed by atoms with van der Waals surface area (Å²) in [4.78, 5) is 8.18. The fraction of sp³-hybridized carbons (Fsp3) is 0.0833. The Balaban J connectivity index is 2.11. The van der Waals surface area contributed by atoms with Crippen molar-refractivity contribution in [3.8, 4) is 5.88 Å². The number of para-hydroxylation sites is 1. The fourth-order valence-electron chi connectivity index (χ4n) is 1.79. The molecule has 1 aromatic heterocycles. The van der Waals surface area contributed by atoms with Crippen LogP contribution in [-0.4, -0.2) is 31.3 Å². The van der Waals surface area contributed by atoms with Gasteiger partial charge in [-0.05, 0) is 12.1 Å². The third-order valence-corrected chi connectivity index (χ3v) is 4.03. The first kappa shape index (κ1) is 12.5. The highest BCUT2D eigenvalue weighted by Crippen LogP contribution is 2.27. The second-order valence-corrected chi connectivity index (χ2v) is 5.56. The van der Waals surface area contributed by atoms with Crippen LogP contribution in [0.15, 0.2) is 46.0 Å². The standard InChI is InChI=1S/C12H10N4O3S/c1-19-11-7-13-6-9(14-11)12-15-8-4-2-3-5-10(8)20(17,18)16-12/h2-7H,1H3,(H,15,16). The van der Waals surface area contributed by atoms with Gasteiger partial charge < -0.3 is 10.1 Å². The maximum Gasteiger partial charge on any atom is 0.286 e. The number of nitrogens with one attached hydrogen (secondary N) is 1. The number of amidine groups is 1. The lowest BCUT2D eigenvalue weighted by Crippen LogP contribution is -2.23. The zero-order valence-electron chi connectivity index (χ0n) is 10.4. The molecule has 0 unspecified atom stereocenters. The van der Waals surface area contributed by atoms with Gasteiger partial charge in [-0.25, -0.2) is 4.98 Å². The Morgan fingerprint density at radius 2 is 2.00 bits per heavy atom. The number of hydrogen-bond acceptors (Lipinski definition) is 6. The van der Waals surface area contributed by atoms with E-state index in [4.69, 9.17) is 4.74 Å². The van der Waals surface area contributed by atoms with Gasteiger partial charge in [-0.15, -0.1) is 4.40 Å². The molecule has 0 spiro atoms. The first-order valence-electron chi connectivity index (χ1n) is 5.67. The molecule has 0 aliphatic carbocycles. The monoisotopic (exact) mass is 290 g/mol. The van der Waals surface area contributed by atoms with Crippen molar-refractivity contribution in [3.63, 3.8) is 0 Å². The van der Waals surface area contributed by atoms with Gasteiger partial charge in [-0.3, -0.25) is 4.98 Å². The SMILES string of the molecule is COc1cncc(C2=NS(=O)(=O)c3ccccc3N2)n1. The number of rotatable bonds is 2. The maximum atomic E-state index is 12.1. The molecular weight excluding hydrogens is 280 g/mol. The molecular formula is C12H10N4O3S. The van der Waals surface area contributed by atoms with E-state index in [0.29, 0.717) is 11.4 Å². The predicted molar refractivity (Wildman–Crippen MR) is 72.4 cm³/mol. The smallest absolute Gasteiger partial charge is 0.286 e. The van der Waals surface area contributed by atoms with Gasteiger partial charge in [-0.2, -0.15) is 8.42 Å². The molecule has 0 amide bonds. The molecule has 7 nitrogen and oxygen atoms in total. The summed E-state index contributed by atoms with van der Waals surface area (Å²) in [5, 5.41) is 2.93. The number of hydrogen-bond donors (Lipinski definition) is 1. The van der Waals surface area contributed by atoms with E-state index in [1.807, 2.05) is 0 Å². The molecule has 1 N–H and O–H groups in total. The van der Waals surface area contributed by atoms with Crippen LogP contribution in [-0.2, 0) is 10.0 Å². The summed E-state index contributed by atoms with van der Waals surface area (Å²) < 4.78 is 32.9. The molecule has 1 aliphatic rings. The summed E-state index contributed by atoms with van der Waals surface area (Å²) in [6, 6.07) is 6.54. The zero-order valence-corrected chi connectivity index (χ0v) is 11.3. The minimum atomic E-state index is -3.74. The molecule has 1 aliphatic heterocycles. The van der Waals surface area contributed by atoms with E-state index in [1.54, 1.807) is 18.2 Å². The second kappa shape index (κ2) is 4.57. The molecule has 8 heteroatoms. The van der Waals surface area contributed by atoms with E-state index in [9.17, 15) is 8.42 Å². The molecule has 0 saturated heterocycles. The van der Waals surface area contributed by atoms with Crippen LogP contribution >= 0.6 is 0 Å². The zero-order chi connectivity index (χ0) is 14.2. The molecule has 102 valence electrons. The van der Waals surface area contributed by atoms with E-state index in [-0.39, 0.29) is 16.6 Å². The van der Waals surface area contributed by atoms with Crippen molar-refractivity contribution in [1.82, 2.24) is 9.97 Å². The number of ether oxygens (including phenoxy) is 1. The summed E-state index contributed by atoms with van der Waals surface area (Å²) in [6.07, 6.45) is 2.84. The van der Waals surface area contributed by atoms with E-state index < -0.39 is 10.0 Å². The van der Waals surface area contributed by atoms with Crippen molar-refractivity contribution < 1.29 is 13.2 Å². The quantitative estimate of drug-likeness (QED) is 0.888. The third kappa shape index (κ3) is 2.10. The number of sulfonamides is 1. The molecule has 2 aromatic rings. The molecule has 0 saturated carbocycles. The van der Waals surface area contributed by atoms with E-state index >= 15 is 0 Å². The Morgan fingerprint density at radius 3 is 2.80 bits per heavy atom. The van der Waals surface area contributed by atoms with Crippen LogP contribution in [0.3, 0.4) is 0 Å². The average molecular weight is 290 g/mol. The lowest BCUT2D eigenvalue weighted by molar-refractivity contribution is 0.395. The van der Waals surface area contributed by atoms with E-state index in [0.717, 1.165) is 0 Å². The number of benzene rings is 1. The summed E-state index contributed by atoms with van der Waals surface area (Å²) in [7, 11) is -2.29. The van der Waals surface area contributed by atoms with Crippen LogP contribution in [0.25, 0.3) is 0 Å². The molecule has 0 radical (unpaired) electrons. The molecule has 0 fully saturated rings. The van der Waals surface area contributed by atoms with Gasteiger partial charge in [0.1, 0.15) is 10.6 Å². The first-order valence-corrected chi connectivity index (χ1v) is 7.11. The third-order valence-electron chi connectivity index (χ3n) is 2.69. The molecule has 2 heterocycles. The largest absolute Gasteiger partial charge is 0.480 e. The number of nitrogens with zero attached hydrogens (tertiary/aromatic N) is 3. The van der Waals surface area contributed by atoms with Crippen molar-refractivity contribution in [3.05, 3.63) is 42.4 Å². The van der Waals surface area contributed by atoms with E-state index in [2.05, 4.69) is 19.7 Å². The van der Waals surface area contributed by atoms with Crippen LogP contribution in [0, 0.1) is 0 Å². The van der Waals surface area contributed by atoms with Crippen molar-refractivity contribution >= 4 is 21.5 Å². The molecule has 3 rings (SSSR count). The summed E-state index contributed by atoms with van der Waals surface area (Å²) in [5.74, 6) is 0.401. The highest BCUT2D eigenvalue weighted by Gasteiger charge is 2.25. The molecule has 0 bridgehead atoms. The Hall–Kier alpha value is -2.48. The lowest BCUT2D eigenvalue weighted by atomic mass is 10.3. The van der Waals surface area contributed by atoms with Gasteiger partial charge >= 0.3 is 0 Å². The Bertz CT molecular complexity index is 802. The molecule has 1 aromatic carbocycles. The van der Waals surface area contributed by atoms with Gasteiger partial charge in [0, 0.05) is 0 Å². The van der Waals surface area contributed by atoms with Gasteiger partial charge in [0.2, 0.25) is 5.88 Å². The minimum absolute atomic E-state index is 0.120. The van der Waals surface area contributed by atoms with Crippen molar-refractivity contribution in [2.45, 2.75) is 4.90 Å². The fourth-order valence-corrected chi connectivity index (χ4v) is 2.91. The average Bonchev–Trinajstić information content (AvgIpc) is 2.46. The number of methoxy groups -OCH3 is 1. The van der Waals surface area contributed by atoms with Gasteiger partial charge in [0.25, 0.3) is 10.0 Å². The van der Waals surface area contributed by atoms with E-state index in [1.165, 1.54) is 25.6 Å². The number of anilines is 1. The van der Waals surface area contributed by atoms with Crippen molar-refractivity contribution in [1.29, 1.82) is 0 Å². The van der Waals surface area contributed by atoms with Gasteiger partial charge in [0.05, 0.1) is 25.2 Å². The van der Waals surface area contributed by atoms with Gasteiger partial charge in [0.15, 0.2) is 5.84 Å². The Labute approximate surface area is 115 Å².